The van der Waals surface area contributed by atoms with Gasteiger partial charge in [-0.1, -0.05) is 18.2 Å². The number of hydrogen-bond acceptors (Lipinski definition) is 8. The average Bonchev–Trinajstić information content (AvgIpc) is 2.88. The number of allylic oxidation sites excluding steroid dienone is 1. The maximum atomic E-state index is 12.6. The third-order valence-electron chi connectivity index (χ3n) is 6.14. The molecule has 4 N–H and O–H groups in total. The van der Waals surface area contributed by atoms with Crippen LogP contribution in [0.1, 0.15) is 37.5 Å². The molecule has 0 atom stereocenters. The van der Waals surface area contributed by atoms with E-state index in [2.05, 4.69) is 42.6 Å². The zero-order chi connectivity index (χ0) is 27.1. The lowest BCUT2D eigenvalue weighted by atomic mass is 10.1. The molecule has 2 heterocycles. The molecule has 0 saturated carbocycles. The number of hydrogen-bond donors (Lipinski definition) is 3. The lowest BCUT2D eigenvalue weighted by Gasteiger charge is -2.27. The number of carbonyl (C=O) groups is 1. The van der Waals surface area contributed by atoms with Crippen molar-refractivity contribution in [1.82, 2.24) is 25.5 Å². The molecule has 1 fully saturated rings. The molecule has 1 saturated heterocycles. The number of piperazine rings is 1. The summed E-state index contributed by atoms with van der Waals surface area (Å²) in [5.41, 5.74) is 9.68. The summed E-state index contributed by atoms with van der Waals surface area (Å²) in [4.78, 5) is 28.3. The second-order valence-electron chi connectivity index (χ2n) is 10.5. The highest BCUT2D eigenvalue weighted by molar-refractivity contribution is 5.89. The quantitative estimate of drug-likeness (QED) is 0.393. The molecule has 1 amide bonds. The highest BCUT2D eigenvalue weighted by atomic mass is 16.5. The molecule has 200 valence electrons. The fourth-order valence-corrected chi connectivity index (χ4v) is 4.20. The van der Waals surface area contributed by atoms with E-state index in [-0.39, 0.29) is 17.9 Å². The molecule has 0 spiro atoms. The van der Waals surface area contributed by atoms with Crippen LogP contribution in [-0.2, 0) is 17.8 Å². The second-order valence-corrected chi connectivity index (χ2v) is 10.5. The van der Waals surface area contributed by atoms with E-state index in [1.54, 1.807) is 6.21 Å². The van der Waals surface area contributed by atoms with Crippen LogP contribution in [0.2, 0.25) is 0 Å². The minimum absolute atomic E-state index is 0.172. The number of ether oxygens (including phenoxy) is 1. The van der Waals surface area contributed by atoms with Crippen molar-refractivity contribution in [3.63, 3.8) is 0 Å². The van der Waals surface area contributed by atoms with Crippen molar-refractivity contribution < 1.29 is 9.53 Å². The Labute approximate surface area is 224 Å². The minimum atomic E-state index is -0.256. The van der Waals surface area contributed by atoms with Crippen LogP contribution >= 0.6 is 0 Å². The minimum Gasteiger partial charge on any atom is -0.438 e. The summed E-state index contributed by atoms with van der Waals surface area (Å²) in [7, 11) is 0. The van der Waals surface area contributed by atoms with Crippen LogP contribution in [0.25, 0.3) is 10.9 Å². The summed E-state index contributed by atoms with van der Waals surface area (Å²) in [6.07, 6.45) is 4.65. The number of amides is 1. The third-order valence-corrected chi connectivity index (χ3v) is 6.14. The number of nitrogens with two attached hydrogens (primary N) is 1. The molecule has 0 radical (unpaired) electrons. The van der Waals surface area contributed by atoms with Gasteiger partial charge in [-0.05, 0) is 62.6 Å². The number of fused-ring (bicyclic) bond motifs is 1. The van der Waals surface area contributed by atoms with E-state index in [4.69, 9.17) is 10.5 Å². The Bertz CT molecular complexity index is 1340. The molecule has 9 nitrogen and oxygen atoms in total. The highest BCUT2D eigenvalue weighted by Crippen LogP contribution is 2.30. The first kappa shape index (κ1) is 27.2. The summed E-state index contributed by atoms with van der Waals surface area (Å²) in [6, 6.07) is 12.0. The van der Waals surface area contributed by atoms with Crippen molar-refractivity contribution in [1.29, 1.82) is 0 Å². The van der Waals surface area contributed by atoms with E-state index >= 15 is 0 Å². The molecular weight excluding hydrogens is 478 g/mol. The predicted molar refractivity (Wildman–Crippen MR) is 151 cm³/mol. The van der Waals surface area contributed by atoms with Gasteiger partial charge in [0, 0.05) is 45.1 Å². The Balaban J connectivity index is 1.45. The van der Waals surface area contributed by atoms with Gasteiger partial charge in [0.2, 0.25) is 11.8 Å². The van der Waals surface area contributed by atoms with Gasteiger partial charge < -0.3 is 21.1 Å². The van der Waals surface area contributed by atoms with Crippen molar-refractivity contribution in [2.45, 2.75) is 46.2 Å². The maximum Gasteiger partial charge on any atom is 0.230 e. The molecule has 1 aliphatic heterocycles. The molecular formula is C29H37N7O2. The summed E-state index contributed by atoms with van der Waals surface area (Å²) in [5.74, 6) is 1.03. The Kier molecular flexibility index (Phi) is 8.70. The fraction of sp³-hybridized carbons (Fsp3) is 0.379. The van der Waals surface area contributed by atoms with Crippen molar-refractivity contribution in [3.05, 3.63) is 71.3 Å². The van der Waals surface area contributed by atoms with E-state index in [0.29, 0.717) is 17.3 Å². The molecule has 2 aromatic carbocycles. The third kappa shape index (κ3) is 7.60. The lowest BCUT2D eigenvalue weighted by Crippen LogP contribution is -2.42. The number of benzene rings is 2. The second kappa shape index (κ2) is 12.1. The molecule has 0 bridgehead atoms. The summed E-state index contributed by atoms with van der Waals surface area (Å²) >= 11 is 0. The van der Waals surface area contributed by atoms with E-state index in [0.717, 1.165) is 54.8 Å². The molecule has 9 heteroatoms. The van der Waals surface area contributed by atoms with E-state index in [1.165, 1.54) is 18.1 Å². The normalized spacial score (nSPS) is 15.2. The van der Waals surface area contributed by atoms with Crippen molar-refractivity contribution in [3.8, 4) is 11.6 Å². The van der Waals surface area contributed by atoms with Crippen LogP contribution < -0.4 is 21.1 Å². The van der Waals surface area contributed by atoms with Crippen molar-refractivity contribution >= 4 is 23.0 Å². The van der Waals surface area contributed by atoms with Crippen LogP contribution in [0.4, 0.5) is 0 Å². The zero-order valence-corrected chi connectivity index (χ0v) is 22.6. The monoisotopic (exact) mass is 515 g/mol. The standard InChI is InChI=1S/C29H37N7O2/c1-20-13-21(15-27(37)35-23(16-30)17-34-29(2,3)4)6-8-26(20)38-28-24-14-22(5-7-25(24)32-19-33-28)18-36-11-9-31-10-12-36/h5-8,13-14,16-17,19,31H,9-12,15,18,30H2,1-4H3,(H,35,37)/b23-16+,34-17?. The van der Waals surface area contributed by atoms with Gasteiger partial charge in [-0.2, -0.15) is 0 Å². The highest BCUT2D eigenvalue weighted by Gasteiger charge is 2.14. The topological polar surface area (TPSA) is 118 Å². The lowest BCUT2D eigenvalue weighted by molar-refractivity contribution is -0.119. The molecule has 0 aliphatic carbocycles. The van der Waals surface area contributed by atoms with Crippen molar-refractivity contribution in [2.75, 3.05) is 26.2 Å². The van der Waals surface area contributed by atoms with Crippen LogP contribution in [0, 0.1) is 6.92 Å². The summed E-state index contributed by atoms with van der Waals surface area (Å²) in [5, 5.41) is 7.08. The van der Waals surface area contributed by atoms with E-state index in [9.17, 15) is 4.79 Å². The summed E-state index contributed by atoms with van der Waals surface area (Å²) < 4.78 is 6.25. The van der Waals surface area contributed by atoms with Gasteiger partial charge in [0.15, 0.2) is 0 Å². The number of aryl methyl sites for hydroxylation is 1. The van der Waals surface area contributed by atoms with Crippen LogP contribution in [-0.4, -0.2) is 58.7 Å². The number of rotatable bonds is 8. The number of nitrogens with zero attached hydrogens (tertiary/aromatic N) is 4. The van der Waals surface area contributed by atoms with Crippen molar-refractivity contribution in [2.24, 2.45) is 10.7 Å². The molecule has 0 unspecified atom stereocenters. The van der Waals surface area contributed by atoms with Crippen LogP contribution in [0.3, 0.4) is 0 Å². The van der Waals surface area contributed by atoms with Gasteiger partial charge in [-0.25, -0.2) is 9.97 Å². The summed E-state index contributed by atoms with van der Waals surface area (Å²) in [6.45, 7) is 12.8. The Hall–Kier alpha value is -3.82. The maximum absolute atomic E-state index is 12.6. The fourth-order valence-electron chi connectivity index (χ4n) is 4.20. The number of carbonyl (C=O) groups excluding carboxylic acids is 1. The van der Waals surface area contributed by atoms with Gasteiger partial charge in [-0.15, -0.1) is 0 Å². The first-order valence-corrected chi connectivity index (χ1v) is 12.9. The number of aliphatic imine (C=N–C) groups is 1. The van der Waals surface area contributed by atoms with Gasteiger partial charge in [0.05, 0.1) is 28.6 Å². The number of nitrogens with one attached hydrogen (secondary N) is 2. The first-order valence-electron chi connectivity index (χ1n) is 12.9. The first-order chi connectivity index (χ1) is 18.2. The SMILES string of the molecule is Cc1cc(CC(=O)N/C(C=NC(C)(C)C)=C/N)ccc1Oc1ncnc2ccc(CN3CCNCC3)cc12. The molecule has 4 rings (SSSR count). The largest absolute Gasteiger partial charge is 0.438 e. The molecule has 1 aliphatic rings. The predicted octanol–water partition coefficient (Wildman–Crippen LogP) is 3.46. The van der Waals surface area contributed by atoms with Gasteiger partial charge in [-0.3, -0.25) is 14.7 Å². The molecule has 38 heavy (non-hydrogen) atoms. The van der Waals surface area contributed by atoms with Gasteiger partial charge in [0.25, 0.3) is 0 Å². The average molecular weight is 516 g/mol. The Morgan fingerprint density at radius 3 is 2.63 bits per heavy atom. The zero-order valence-electron chi connectivity index (χ0n) is 22.6. The van der Waals surface area contributed by atoms with Crippen LogP contribution in [0.5, 0.6) is 11.6 Å². The Morgan fingerprint density at radius 2 is 1.92 bits per heavy atom. The molecule has 3 aromatic rings. The van der Waals surface area contributed by atoms with E-state index in [1.807, 2.05) is 52.0 Å². The smallest absolute Gasteiger partial charge is 0.230 e. The van der Waals surface area contributed by atoms with Crippen LogP contribution in [0.15, 0.2) is 59.6 Å². The van der Waals surface area contributed by atoms with E-state index < -0.39 is 0 Å². The van der Waals surface area contributed by atoms with Gasteiger partial charge >= 0.3 is 0 Å². The Morgan fingerprint density at radius 1 is 1.16 bits per heavy atom. The van der Waals surface area contributed by atoms with Gasteiger partial charge in [0.1, 0.15) is 12.1 Å². The molecule has 1 aromatic heterocycles. The number of aromatic nitrogens is 2.